The molecule has 0 saturated carbocycles. The number of ether oxygens (including phenoxy) is 2. The summed E-state index contributed by atoms with van der Waals surface area (Å²) in [5.74, 6) is 0.282. The lowest BCUT2D eigenvalue weighted by molar-refractivity contribution is -0.130. The minimum Gasteiger partial charge on any atom is -0.486 e. The fourth-order valence-electron chi connectivity index (χ4n) is 2.79. The summed E-state index contributed by atoms with van der Waals surface area (Å²) < 4.78 is 24.1. The van der Waals surface area contributed by atoms with Gasteiger partial charge >= 0.3 is 0 Å². The van der Waals surface area contributed by atoms with Crippen LogP contribution in [0.2, 0.25) is 5.02 Å². The second kappa shape index (κ2) is 8.93. The lowest BCUT2D eigenvalue weighted by atomic mass is 10.1. The standard InChI is InChI=1S/C20H20ClFN2O4/c1-24(12-13-2-5-17-18(10-13)28-9-8-27-17)19(25)6-7-23-20(26)15-4-3-14(22)11-16(15)21/h2-5,10-11H,6-9,12H2,1H3,(H,23,26). The van der Waals surface area contributed by atoms with Gasteiger partial charge in [-0.2, -0.15) is 0 Å². The molecule has 8 heteroatoms. The predicted octanol–water partition coefficient (Wildman–Crippen LogP) is 3.03. The van der Waals surface area contributed by atoms with Gasteiger partial charge in [0.2, 0.25) is 5.91 Å². The van der Waals surface area contributed by atoms with Crippen LogP contribution in [0.5, 0.6) is 11.5 Å². The van der Waals surface area contributed by atoms with Gasteiger partial charge in [-0.25, -0.2) is 4.39 Å². The summed E-state index contributed by atoms with van der Waals surface area (Å²) in [7, 11) is 1.69. The van der Waals surface area contributed by atoms with E-state index in [-0.39, 0.29) is 29.5 Å². The molecule has 0 fully saturated rings. The first-order valence-electron chi connectivity index (χ1n) is 8.80. The quantitative estimate of drug-likeness (QED) is 0.800. The van der Waals surface area contributed by atoms with Crippen molar-refractivity contribution in [1.82, 2.24) is 10.2 Å². The Labute approximate surface area is 167 Å². The molecule has 148 valence electrons. The Morgan fingerprint density at radius 1 is 1.14 bits per heavy atom. The largest absolute Gasteiger partial charge is 0.486 e. The Kier molecular flexibility index (Phi) is 6.36. The van der Waals surface area contributed by atoms with Crippen LogP contribution >= 0.6 is 11.6 Å². The highest BCUT2D eigenvalue weighted by atomic mass is 35.5. The van der Waals surface area contributed by atoms with Crippen LogP contribution in [0.1, 0.15) is 22.3 Å². The molecule has 28 heavy (non-hydrogen) atoms. The van der Waals surface area contributed by atoms with Crippen molar-refractivity contribution in [3.8, 4) is 11.5 Å². The number of fused-ring (bicyclic) bond motifs is 1. The van der Waals surface area contributed by atoms with Crippen LogP contribution in [0.4, 0.5) is 4.39 Å². The topological polar surface area (TPSA) is 67.9 Å². The summed E-state index contributed by atoms with van der Waals surface area (Å²) in [5.41, 5.74) is 1.09. The van der Waals surface area contributed by atoms with Crippen molar-refractivity contribution in [2.45, 2.75) is 13.0 Å². The summed E-state index contributed by atoms with van der Waals surface area (Å²) in [5, 5.41) is 2.65. The Morgan fingerprint density at radius 2 is 1.89 bits per heavy atom. The normalized spacial score (nSPS) is 12.4. The van der Waals surface area contributed by atoms with E-state index in [1.165, 1.54) is 6.07 Å². The van der Waals surface area contributed by atoms with Crippen molar-refractivity contribution >= 4 is 23.4 Å². The molecule has 1 aliphatic rings. The molecule has 2 aromatic rings. The van der Waals surface area contributed by atoms with E-state index in [1.807, 2.05) is 18.2 Å². The molecule has 0 spiro atoms. The van der Waals surface area contributed by atoms with Gasteiger partial charge in [-0.15, -0.1) is 0 Å². The average Bonchev–Trinajstić information content (AvgIpc) is 2.67. The molecule has 0 aromatic heterocycles. The van der Waals surface area contributed by atoms with Crippen molar-refractivity contribution in [2.24, 2.45) is 0 Å². The number of amides is 2. The zero-order valence-electron chi connectivity index (χ0n) is 15.3. The summed E-state index contributed by atoms with van der Waals surface area (Å²) in [6.45, 7) is 1.59. The molecular formula is C20H20ClFN2O4. The van der Waals surface area contributed by atoms with Gasteiger partial charge in [0.15, 0.2) is 11.5 Å². The SMILES string of the molecule is CN(Cc1ccc2c(c1)OCCO2)C(=O)CCNC(=O)c1ccc(F)cc1Cl. The zero-order valence-corrected chi connectivity index (χ0v) is 16.1. The molecule has 1 N–H and O–H groups in total. The van der Waals surface area contributed by atoms with Gasteiger partial charge in [0.25, 0.3) is 5.91 Å². The van der Waals surface area contributed by atoms with Crippen molar-refractivity contribution in [2.75, 3.05) is 26.8 Å². The number of benzene rings is 2. The Balaban J connectivity index is 1.48. The van der Waals surface area contributed by atoms with Crippen LogP contribution in [0.25, 0.3) is 0 Å². The smallest absolute Gasteiger partial charge is 0.252 e. The van der Waals surface area contributed by atoms with Gasteiger partial charge in [0.1, 0.15) is 19.0 Å². The molecule has 2 amide bonds. The maximum atomic E-state index is 13.0. The molecule has 0 unspecified atom stereocenters. The number of hydrogen-bond acceptors (Lipinski definition) is 4. The lowest BCUT2D eigenvalue weighted by Crippen LogP contribution is -2.32. The van der Waals surface area contributed by atoms with E-state index < -0.39 is 11.7 Å². The van der Waals surface area contributed by atoms with E-state index in [9.17, 15) is 14.0 Å². The summed E-state index contributed by atoms with van der Waals surface area (Å²) >= 11 is 5.86. The van der Waals surface area contributed by atoms with Gasteiger partial charge in [-0.3, -0.25) is 9.59 Å². The first kappa shape index (κ1) is 19.9. The number of hydrogen-bond donors (Lipinski definition) is 1. The molecular weight excluding hydrogens is 387 g/mol. The van der Waals surface area contributed by atoms with Crippen LogP contribution in [-0.4, -0.2) is 43.5 Å². The average molecular weight is 407 g/mol. The van der Waals surface area contributed by atoms with E-state index in [4.69, 9.17) is 21.1 Å². The third kappa shape index (κ3) is 4.92. The summed E-state index contributed by atoms with van der Waals surface area (Å²) in [6, 6.07) is 9.11. The van der Waals surface area contributed by atoms with Crippen molar-refractivity contribution < 1.29 is 23.5 Å². The molecule has 1 aliphatic heterocycles. The third-order valence-corrected chi connectivity index (χ3v) is 4.56. The second-order valence-electron chi connectivity index (χ2n) is 6.36. The number of carbonyl (C=O) groups is 2. The number of halogens is 2. The highest BCUT2D eigenvalue weighted by Gasteiger charge is 2.15. The molecule has 1 heterocycles. The van der Waals surface area contributed by atoms with Crippen LogP contribution in [0.15, 0.2) is 36.4 Å². The van der Waals surface area contributed by atoms with Crippen molar-refractivity contribution in [1.29, 1.82) is 0 Å². The Bertz CT molecular complexity index is 891. The summed E-state index contributed by atoms with van der Waals surface area (Å²) in [6.07, 6.45) is 0.131. The molecule has 6 nitrogen and oxygen atoms in total. The molecule has 0 saturated heterocycles. The van der Waals surface area contributed by atoms with E-state index in [2.05, 4.69) is 5.32 Å². The molecule has 0 radical (unpaired) electrons. The highest BCUT2D eigenvalue weighted by molar-refractivity contribution is 6.33. The minimum atomic E-state index is -0.516. The van der Waals surface area contributed by atoms with Gasteiger partial charge in [0.05, 0.1) is 10.6 Å². The second-order valence-corrected chi connectivity index (χ2v) is 6.77. The van der Waals surface area contributed by atoms with E-state index in [0.29, 0.717) is 31.3 Å². The van der Waals surface area contributed by atoms with Crippen LogP contribution in [-0.2, 0) is 11.3 Å². The number of nitrogens with one attached hydrogen (secondary N) is 1. The fraction of sp³-hybridized carbons (Fsp3) is 0.300. The van der Waals surface area contributed by atoms with Gasteiger partial charge in [-0.05, 0) is 35.9 Å². The van der Waals surface area contributed by atoms with Crippen molar-refractivity contribution in [3.05, 3.63) is 58.4 Å². The highest BCUT2D eigenvalue weighted by Crippen LogP contribution is 2.31. The number of nitrogens with zero attached hydrogens (tertiary/aromatic N) is 1. The molecule has 3 rings (SSSR count). The number of carbonyl (C=O) groups excluding carboxylic acids is 2. The number of rotatable bonds is 6. The third-order valence-electron chi connectivity index (χ3n) is 4.25. The maximum Gasteiger partial charge on any atom is 0.252 e. The van der Waals surface area contributed by atoms with Crippen LogP contribution in [0.3, 0.4) is 0 Å². The lowest BCUT2D eigenvalue weighted by Gasteiger charge is -2.21. The van der Waals surface area contributed by atoms with Crippen LogP contribution < -0.4 is 14.8 Å². The first-order valence-corrected chi connectivity index (χ1v) is 9.17. The molecule has 0 aliphatic carbocycles. The molecule has 0 bridgehead atoms. The van der Waals surface area contributed by atoms with Gasteiger partial charge in [0, 0.05) is 26.6 Å². The van der Waals surface area contributed by atoms with E-state index in [0.717, 1.165) is 17.7 Å². The minimum absolute atomic E-state index is 0.0274. The van der Waals surface area contributed by atoms with Crippen molar-refractivity contribution in [3.63, 3.8) is 0 Å². The summed E-state index contributed by atoms with van der Waals surface area (Å²) in [4.78, 5) is 26.0. The Morgan fingerprint density at radius 3 is 2.64 bits per heavy atom. The fourth-order valence-corrected chi connectivity index (χ4v) is 3.04. The Hall–Kier alpha value is -2.80. The predicted molar refractivity (Wildman–Crippen MR) is 102 cm³/mol. The van der Waals surface area contributed by atoms with Gasteiger partial charge in [-0.1, -0.05) is 17.7 Å². The van der Waals surface area contributed by atoms with E-state index >= 15 is 0 Å². The van der Waals surface area contributed by atoms with Crippen LogP contribution in [0, 0.1) is 5.82 Å². The zero-order chi connectivity index (χ0) is 20.1. The molecule has 2 aromatic carbocycles. The van der Waals surface area contributed by atoms with Gasteiger partial charge < -0.3 is 19.7 Å². The molecule has 0 atom stereocenters. The maximum absolute atomic E-state index is 13.0. The monoisotopic (exact) mass is 406 g/mol. The first-order chi connectivity index (χ1) is 13.4. The van der Waals surface area contributed by atoms with E-state index in [1.54, 1.807) is 11.9 Å².